The van der Waals surface area contributed by atoms with Gasteiger partial charge >= 0.3 is 12.5 Å². The number of nitrogens with one attached hydrogen (secondary N) is 2. The number of hydrazine groups is 1. The van der Waals surface area contributed by atoms with Crippen molar-refractivity contribution in [2.75, 3.05) is 0 Å². The fourth-order valence-corrected chi connectivity index (χ4v) is 1.96. The van der Waals surface area contributed by atoms with Gasteiger partial charge in [-0.3, -0.25) is 5.43 Å². The maximum atomic E-state index is 13.6. The van der Waals surface area contributed by atoms with Crippen LogP contribution in [0, 0.1) is 11.7 Å². The summed E-state index contributed by atoms with van der Waals surface area (Å²) in [5.41, 5.74) is 4.83. The number of hydrogen-bond donors (Lipinski definition) is 3. The highest BCUT2D eigenvalue weighted by molar-refractivity contribution is 5.63. The number of carbonyl (C=O) groups is 1. The van der Waals surface area contributed by atoms with Gasteiger partial charge in [-0.2, -0.15) is 0 Å². The standard InChI is InChI=1S/C12H12F4N2O3/c13-8-5-7(3-4-9(8)21-12(14,15)16)10(6-1-2-6)17-18-11(19)20/h3-6,10,17-18H,1-2H2,(H,19,20). The average molecular weight is 308 g/mol. The van der Waals surface area contributed by atoms with E-state index in [1.54, 1.807) is 0 Å². The number of amides is 1. The van der Waals surface area contributed by atoms with Gasteiger partial charge in [0.15, 0.2) is 11.6 Å². The zero-order valence-electron chi connectivity index (χ0n) is 10.6. The van der Waals surface area contributed by atoms with E-state index in [2.05, 4.69) is 10.2 Å². The van der Waals surface area contributed by atoms with Crippen LogP contribution in [-0.2, 0) is 0 Å². The van der Waals surface area contributed by atoms with Gasteiger partial charge in [-0.05, 0) is 36.5 Å². The van der Waals surface area contributed by atoms with Gasteiger partial charge in [0.1, 0.15) is 0 Å². The molecule has 1 saturated carbocycles. The van der Waals surface area contributed by atoms with Crippen molar-refractivity contribution >= 4 is 6.09 Å². The van der Waals surface area contributed by atoms with Crippen molar-refractivity contribution in [3.63, 3.8) is 0 Å². The number of rotatable bonds is 5. The summed E-state index contributed by atoms with van der Waals surface area (Å²) in [6, 6.07) is 2.54. The molecule has 1 fully saturated rings. The van der Waals surface area contributed by atoms with Crippen LogP contribution in [0.4, 0.5) is 22.4 Å². The Morgan fingerprint density at radius 1 is 1.38 bits per heavy atom. The first-order valence-corrected chi connectivity index (χ1v) is 6.06. The molecule has 3 N–H and O–H groups in total. The zero-order valence-corrected chi connectivity index (χ0v) is 10.6. The van der Waals surface area contributed by atoms with Crippen LogP contribution in [0.2, 0.25) is 0 Å². The Bertz CT molecular complexity index is 532. The molecule has 0 radical (unpaired) electrons. The molecule has 116 valence electrons. The van der Waals surface area contributed by atoms with Crippen LogP contribution in [0.15, 0.2) is 18.2 Å². The van der Waals surface area contributed by atoms with Gasteiger partial charge in [-0.1, -0.05) is 6.07 Å². The number of ether oxygens (including phenoxy) is 1. The van der Waals surface area contributed by atoms with Crippen LogP contribution in [-0.4, -0.2) is 17.6 Å². The normalized spacial score (nSPS) is 16.4. The second-order valence-corrected chi connectivity index (χ2v) is 4.63. The fourth-order valence-electron chi connectivity index (χ4n) is 1.96. The molecular weight excluding hydrogens is 296 g/mol. The summed E-state index contributed by atoms with van der Waals surface area (Å²) >= 11 is 0. The van der Waals surface area contributed by atoms with E-state index in [0.717, 1.165) is 25.0 Å². The summed E-state index contributed by atoms with van der Waals surface area (Å²) in [5.74, 6) is -1.98. The number of carboxylic acid groups (broad SMARTS) is 1. The third-order valence-corrected chi connectivity index (χ3v) is 2.97. The molecule has 9 heteroatoms. The van der Waals surface area contributed by atoms with Gasteiger partial charge in [0.2, 0.25) is 0 Å². The smallest absolute Gasteiger partial charge is 0.464 e. The minimum atomic E-state index is -4.97. The van der Waals surface area contributed by atoms with Crippen LogP contribution >= 0.6 is 0 Å². The quantitative estimate of drug-likeness (QED) is 0.578. The van der Waals surface area contributed by atoms with Crippen LogP contribution < -0.4 is 15.6 Å². The largest absolute Gasteiger partial charge is 0.573 e. The van der Waals surface area contributed by atoms with E-state index in [1.807, 2.05) is 5.43 Å². The second-order valence-electron chi connectivity index (χ2n) is 4.63. The molecule has 2 rings (SSSR count). The highest BCUT2D eigenvalue weighted by Crippen LogP contribution is 2.41. The van der Waals surface area contributed by atoms with Crippen LogP contribution in [0.5, 0.6) is 5.75 Å². The van der Waals surface area contributed by atoms with Crippen molar-refractivity contribution in [3.8, 4) is 5.75 Å². The Kier molecular flexibility index (Phi) is 4.21. The summed E-state index contributed by atoms with van der Waals surface area (Å²) < 4.78 is 53.3. The lowest BCUT2D eigenvalue weighted by molar-refractivity contribution is -0.275. The molecule has 1 aliphatic rings. The maximum absolute atomic E-state index is 13.6. The lowest BCUT2D eigenvalue weighted by atomic mass is 10.0. The second kappa shape index (κ2) is 5.76. The van der Waals surface area contributed by atoms with Crippen molar-refractivity contribution < 1.29 is 32.2 Å². The molecule has 0 saturated heterocycles. The van der Waals surface area contributed by atoms with Gasteiger partial charge in [-0.15, -0.1) is 13.2 Å². The molecule has 0 aliphatic heterocycles. The summed E-state index contributed by atoms with van der Waals surface area (Å²) in [5, 5.41) is 8.55. The van der Waals surface area contributed by atoms with E-state index in [1.165, 1.54) is 6.07 Å². The summed E-state index contributed by atoms with van der Waals surface area (Å²) in [4.78, 5) is 10.5. The van der Waals surface area contributed by atoms with Gasteiger partial charge < -0.3 is 9.84 Å². The van der Waals surface area contributed by atoms with E-state index in [4.69, 9.17) is 5.11 Å². The molecule has 0 heterocycles. The highest BCUT2D eigenvalue weighted by Gasteiger charge is 2.35. The van der Waals surface area contributed by atoms with Crippen molar-refractivity contribution in [1.82, 2.24) is 10.9 Å². The molecule has 1 unspecified atom stereocenters. The van der Waals surface area contributed by atoms with Crippen molar-refractivity contribution in [3.05, 3.63) is 29.6 Å². The number of alkyl halides is 3. The lowest BCUT2D eigenvalue weighted by Gasteiger charge is -2.19. The lowest BCUT2D eigenvalue weighted by Crippen LogP contribution is -2.39. The Balaban J connectivity index is 2.14. The highest BCUT2D eigenvalue weighted by atomic mass is 19.4. The molecule has 0 bridgehead atoms. The zero-order chi connectivity index (χ0) is 15.6. The third-order valence-electron chi connectivity index (χ3n) is 2.97. The predicted molar refractivity (Wildman–Crippen MR) is 62.8 cm³/mol. The average Bonchev–Trinajstić information content (AvgIpc) is 3.15. The molecule has 1 aromatic rings. The van der Waals surface area contributed by atoms with Gasteiger partial charge in [0.05, 0.1) is 6.04 Å². The molecule has 5 nitrogen and oxygen atoms in total. The molecule has 0 aromatic heterocycles. The topological polar surface area (TPSA) is 70.6 Å². The minimum Gasteiger partial charge on any atom is -0.464 e. The molecule has 21 heavy (non-hydrogen) atoms. The minimum absolute atomic E-state index is 0.102. The summed E-state index contributed by atoms with van der Waals surface area (Å²) in [7, 11) is 0. The van der Waals surface area contributed by atoms with Crippen LogP contribution in [0.3, 0.4) is 0 Å². The number of hydrogen-bond acceptors (Lipinski definition) is 3. The molecule has 1 aliphatic carbocycles. The van der Waals surface area contributed by atoms with Gasteiger partial charge in [0.25, 0.3) is 0 Å². The summed E-state index contributed by atoms with van der Waals surface area (Å²) in [6.07, 6.45) is -4.64. The molecule has 1 amide bonds. The Morgan fingerprint density at radius 2 is 2.05 bits per heavy atom. The van der Waals surface area contributed by atoms with Crippen LogP contribution in [0.1, 0.15) is 24.4 Å². The van der Waals surface area contributed by atoms with Gasteiger partial charge in [0, 0.05) is 0 Å². The first kappa shape index (κ1) is 15.4. The summed E-state index contributed by atoms with van der Waals surface area (Å²) in [6.45, 7) is 0. The third kappa shape index (κ3) is 4.48. The first-order valence-electron chi connectivity index (χ1n) is 6.06. The first-order chi connectivity index (χ1) is 9.76. The molecular formula is C12H12F4N2O3. The van der Waals surface area contributed by atoms with E-state index in [0.29, 0.717) is 5.56 Å². The van der Waals surface area contributed by atoms with Crippen LogP contribution in [0.25, 0.3) is 0 Å². The Hall–Kier alpha value is -2.03. The molecule has 0 spiro atoms. The van der Waals surface area contributed by atoms with E-state index >= 15 is 0 Å². The van der Waals surface area contributed by atoms with Crippen molar-refractivity contribution in [2.45, 2.75) is 25.2 Å². The monoisotopic (exact) mass is 308 g/mol. The Morgan fingerprint density at radius 3 is 2.52 bits per heavy atom. The SMILES string of the molecule is O=C(O)NNC(c1ccc(OC(F)(F)F)c(F)c1)C1CC1. The number of halogens is 4. The van der Waals surface area contributed by atoms with E-state index in [9.17, 15) is 22.4 Å². The van der Waals surface area contributed by atoms with Gasteiger partial charge in [-0.25, -0.2) is 14.6 Å². The maximum Gasteiger partial charge on any atom is 0.573 e. The fraction of sp³-hybridized carbons (Fsp3) is 0.417. The number of benzene rings is 1. The van der Waals surface area contributed by atoms with E-state index < -0.39 is 30.1 Å². The molecule has 1 aromatic carbocycles. The predicted octanol–water partition coefficient (Wildman–Crippen LogP) is 2.95. The van der Waals surface area contributed by atoms with E-state index in [-0.39, 0.29) is 5.92 Å². The van der Waals surface area contributed by atoms with Crippen molar-refractivity contribution in [2.24, 2.45) is 5.92 Å². The molecule has 1 atom stereocenters. The van der Waals surface area contributed by atoms with Crippen molar-refractivity contribution in [1.29, 1.82) is 0 Å². The Labute approximate surface area is 116 Å².